The number of hydrogen-bond donors (Lipinski definition) is 2. The van der Waals surface area contributed by atoms with Crippen LogP contribution in [-0.4, -0.2) is 34.8 Å². The molecule has 9 heteroatoms. The van der Waals surface area contributed by atoms with E-state index in [1.165, 1.54) is 13.0 Å². The molecule has 0 unspecified atom stereocenters. The van der Waals surface area contributed by atoms with E-state index in [-0.39, 0.29) is 22.1 Å². The molecule has 0 spiro atoms. The maximum Gasteiger partial charge on any atom is 0.238 e. The SMILES string of the molecule is CC(=O)c1ccc(-c2cc(-c3ccc(C)cc3)c(-c3nn[nH]n3)c(S(N)(=O)=O)c2)cc1. The molecule has 0 radical (unpaired) electrons. The molecule has 156 valence electrons. The summed E-state index contributed by atoms with van der Waals surface area (Å²) in [4.78, 5) is 11.5. The van der Waals surface area contributed by atoms with Crippen molar-refractivity contribution < 1.29 is 13.2 Å². The predicted octanol–water partition coefficient (Wildman–Crippen LogP) is 3.36. The van der Waals surface area contributed by atoms with Crippen molar-refractivity contribution in [2.75, 3.05) is 0 Å². The van der Waals surface area contributed by atoms with Crippen molar-refractivity contribution in [1.82, 2.24) is 20.6 Å². The fourth-order valence-electron chi connectivity index (χ4n) is 3.36. The topological polar surface area (TPSA) is 132 Å². The maximum absolute atomic E-state index is 12.6. The number of carbonyl (C=O) groups excluding carboxylic acids is 1. The van der Waals surface area contributed by atoms with Gasteiger partial charge in [-0.05, 0) is 53.4 Å². The van der Waals surface area contributed by atoms with Crippen molar-refractivity contribution in [3.8, 4) is 33.6 Å². The molecule has 8 nitrogen and oxygen atoms in total. The third kappa shape index (κ3) is 4.14. The number of benzene rings is 3. The molecular formula is C22H19N5O3S. The number of rotatable bonds is 5. The quantitative estimate of drug-likeness (QED) is 0.464. The normalized spacial score (nSPS) is 11.5. The Bertz CT molecular complexity index is 1360. The number of tetrazole rings is 1. The fourth-order valence-corrected chi connectivity index (χ4v) is 4.14. The molecule has 1 aromatic heterocycles. The lowest BCUT2D eigenvalue weighted by Crippen LogP contribution is -2.14. The largest absolute Gasteiger partial charge is 0.295 e. The van der Waals surface area contributed by atoms with Gasteiger partial charge in [-0.3, -0.25) is 4.79 Å². The van der Waals surface area contributed by atoms with E-state index in [0.717, 1.165) is 16.7 Å². The number of carbonyl (C=O) groups is 1. The Morgan fingerprint density at radius 3 is 2.13 bits per heavy atom. The summed E-state index contributed by atoms with van der Waals surface area (Å²) in [6.07, 6.45) is 0. The number of nitrogens with two attached hydrogens (primary N) is 1. The van der Waals surface area contributed by atoms with Gasteiger partial charge in [0.15, 0.2) is 5.78 Å². The van der Waals surface area contributed by atoms with Crippen LogP contribution >= 0.6 is 0 Å². The number of nitrogens with zero attached hydrogens (tertiary/aromatic N) is 3. The minimum atomic E-state index is -4.13. The first kappa shape index (κ1) is 20.6. The van der Waals surface area contributed by atoms with Gasteiger partial charge in [0.1, 0.15) is 0 Å². The van der Waals surface area contributed by atoms with Crippen LogP contribution in [0.15, 0.2) is 65.6 Å². The van der Waals surface area contributed by atoms with Gasteiger partial charge in [0.05, 0.1) is 10.5 Å². The molecule has 3 aromatic carbocycles. The van der Waals surface area contributed by atoms with E-state index >= 15 is 0 Å². The van der Waals surface area contributed by atoms with Gasteiger partial charge in [0, 0.05) is 5.56 Å². The van der Waals surface area contributed by atoms with Gasteiger partial charge in [-0.1, -0.05) is 54.1 Å². The Balaban J connectivity index is 2.04. The van der Waals surface area contributed by atoms with Gasteiger partial charge < -0.3 is 0 Å². The first-order valence-corrected chi connectivity index (χ1v) is 10.9. The van der Waals surface area contributed by atoms with Crippen LogP contribution < -0.4 is 5.14 Å². The zero-order valence-electron chi connectivity index (χ0n) is 16.8. The molecule has 0 amide bonds. The number of hydrogen-bond acceptors (Lipinski definition) is 6. The highest BCUT2D eigenvalue weighted by Gasteiger charge is 2.24. The summed E-state index contributed by atoms with van der Waals surface area (Å²) in [5.41, 5.74) is 4.63. The second-order valence-electron chi connectivity index (χ2n) is 7.18. The van der Waals surface area contributed by atoms with Crippen molar-refractivity contribution in [2.45, 2.75) is 18.7 Å². The molecule has 0 bridgehead atoms. The summed E-state index contributed by atoms with van der Waals surface area (Å²) in [5, 5.41) is 19.5. The number of sulfonamides is 1. The first-order valence-electron chi connectivity index (χ1n) is 9.37. The zero-order valence-corrected chi connectivity index (χ0v) is 17.6. The second kappa shape index (κ2) is 7.86. The van der Waals surface area contributed by atoms with Gasteiger partial charge in [0.25, 0.3) is 0 Å². The highest BCUT2D eigenvalue weighted by atomic mass is 32.2. The van der Waals surface area contributed by atoms with Crippen molar-refractivity contribution in [2.24, 2.45) is 5.14 Å². The molecule has 0 atom stereocenters. The predicted molar refractivity (Wildman–Crippen MR) is 117 cm³/mol. The first-order chi connectivity index (χ1) is 14.7. The molecule has 31 heavy (non-hydrogen) atoms. The Morgan fingerprint density at radius 1 is 0.935 bits per heavy atom. The molecule has 0 fully saturated rings. The van der Waals surface area contributed by atoms with Crippen molar-refractivity contribution >= 4 is 15.8 Å². The monoisotopic (exact) mass is 433 g/mol. The Morgan fingerprint density at radius 2 is 1.58 bits per heavy atom. The van der Waals surface area contributed by atoms with Crippen LogP contribution in [0.3, 0.4) is 0 Å². The maximum atomic E-state index is 12.6. The Kier molecular flexibility index (Phi) is 5.22. The van der Waals surface area contributed by atoms with E-state index in [9.17, 15) is 13.2 Å². The third-order valence-corrected chi connectivity index (χ3v) is 5.90. The molecule has 0 saturated heterocycles. The smallest absolute Gasteiger partial charge is 0.238 e. The summed E-state index contributed by atoms with van der Waals surface area (Å²) in [7, 11) is -4.13. The molecule has 0 saturated carbocycles. The van der Waals surface area contributed by atoms with Crippen molar-refractivity contribution in [3.63, 3.8) is 0 Å². The van der Waals surface area contributed by atoms with E-state index in [4.69, 9.17) is 5.14 Å². The number of H-pyrrole nitrogens is 1. The van der Waals surface area contributed by atoms with Gasteiger partial charge in [-0.25, -0.2) is 13.6 Å². The van der Waals surface area contributed by atoms with Crippen LogP contribution in [0.4, 0.5) is 0 Å². The Labute approximate surface area is 179 Å². The lowest BCUT2D eigenvalue weighted by molar-refractivity contribution is 0.101. The minimum absolute atomic E-state index is 0.0513. The molecular weight excluding hydrogens is 414 g/mol. The van der Waals surface area contributed by atoms with Gasteiger partial charge in [-0.2, -0.15) is 5.21 Å². The third-order valence-electron chi connectivity index (χ3n) is 4.96. The molecule has 0 aliphatic heterocycles. The zero-order chi connectivity index (χ0) is 22.2. The molecule has 0 aliphatic rings. The van der Waals surface area contributed by atoms with Gasteiger partial charge >= 0.3 is 0 Å². The van der Waals surface area contributed by atoms with Crippen LogP contribution in [0.5, 0.6) is 0 Å². The fraction of sp³-hybridized carbons (Fsp3) is 0.0909. The summed E-state index contributed by atoms with van der Waals surface area (Å²) >= 11 is 0. The number of aromatic nitrogens is 4. The summed E-state index contributed by atoms with van der Waals surface area (Å²) < 4.78 is 25.1. The number of ketones is 1. The second-order valence-corrected chi connectivity index (χ2v) is 8.71. The van der Waals surface area contributed by atoms with E-state index in [1.54, 1.807) is 24.3 Å². The number of aromatic amines is 1. The van der Waals surface area contributed by atoms with Crippen LogP contribution in [0.25, 0.3) is 33.6 Å². The number of primary sulfonamides is 1. The lowest BCUT2D eigenvalue weighted by Gasteiger charge is -2.15. The van der Waals surface area contributed by atoms with Gasteiger partial charge in [-0.15, -0.1) is 10.2 Å². The van der Waals surface area contributed by atoms with Crippen LogP contribution in [0.1, 0.15) is 22.8 Å². The number of aryl methyl sites for hydroxylation is 1. The van der Waals surface area contributed by atoms with Crippen LogP contribution in [-0.2, 0) is 10.0 Å². The molecule has 1 heterocycles. The highest BCUT2D eigenvalue weighted by molar-refractivity contribution is 7.89. The van der Waals surface area contributed by atoms with Crippen LogP contribution in [0.2, 0.25) is 0 Å². The van der Waals surface area contributed by atoms with E-state index in [2.05, 4.69) is 20.6 Å². The number of nitrogens with one attached hydrogen (secondary N) is 1. The molecule has 3 N–H and O–H groups in total. The summed E-state index contributed by atoms with van der Waals surface area (Å²) in [6.45, 7) is 3.45. The summed E-state index contributed by atoms with van der Waals surface area (Å²) in [5.74, 6) is 0.0719. The van der Waals surface area contributed by atoms with E-state index < -0.39 is 10.0 Å². The highest BCUT2D eigenvalue weighted by Crippen LogP contribution is 2.39. The van der Waals surface area contributed by atoms with Crippen molar-refractivity contribution in [1.29, 1.82) is 0 Å². The molecule has 0 aliphatic carbocycles. The van der Waals surface area contributed by atoms with Gasteiger partial charge in [0.2, 0.25) is 15.8 Å². The number of Topliss-reactive ketones (excluding diaryl/α,β-unsaturated/α-hetero) is 1. The summed E-state index contributed by atoms with van der Waals surface area (Å²) in [6, 6.07) is 17.9. The Hall–Kier alpha value is -3.69. The standard InChI is InChI=1S/C22H19N5O3S/c1-13-3-5-17(6-4-13)19-11-18(16-9-7-15(8-10-16)14(2)28)12-20(31(23,29)30)21(19)22-24-26-27-25-22/h3-12H,1-2H3,(H2,23,29,30)(H,24,25,26,27). The average molecular weight is 433 g/mol. The molecule has 4 rings (SSSR count). The van der Waals surface area contributed by atoms with E-state index in [0.29, 0.717) is 16.7 Å². The van der Waals surface area contributed by atoms with Crippen molar-refractivity contribution in [3.05, 3.63) is 71.8 Å². The van der Waals surface area contributed by atoms with E-state index in [1.807, 2.05) is 37.3 Å². The minimum Gasteiger partial charge on any atom is -0.295 e. The molecule has 4 aromatic rings. The van der Waals surface area contributed by atoms with Crippen LogP contribution in [0, 0.1) is 6.92 Å². The average Bonchev–Trinajstić information content (AvgIpc) is 3.27. The lowest BCUT2D eigenvalue weighted by atomic mass is 9.93.